The molecule has 0 radical (unpaired) electrons. The van der Waals surface area contributed by atoms with E-state index in [9.17, 15) is 13.2 Å². The molecule has 0 aromatic heterocycles. The lowest BCUT2D eigenvalue weighted by Crippen LogP contribution is -2.38. The first-order valence-corrected chi connectivity index (χ1v) is 6.23. The Morgan fingerprint density at radius 2 is 2.13 bits per heavy atom. The molecule has 0 saturated heterocycles. The first kappa shape index (κ1) is 10.8. The normalized spacial score (nSPS) is 36.9. The Morgan fingerprint density at radius 3 is 2.53 bits per heavy atom. The predicted molar refractivity (Wildman–Crippen MR) is 54.8 cm³/mol. The molecule has 2 bridgehead atoms. The summed E-state index contributed by atoms with van der Waals surface area (Å²) in [6, 6.07) is 0. The lowest BCUT2D eigenvalue weighted by molar-refractivity contribution is -0.128. The van der Waals surface area contributed by atoms with Crippen molar-refractivity contribution in [1.29, 1.82) is 0 Å². The molecule has 0 unspecified atom stereocenters. The van der Waals surface area contributed by atoms with Gasteiger partial charge in [-0.15, -0.1) is 0 Å². The molecule has 0 heterocycles. The molecule has 2 rings (SSSR count). The van der Waals surface area contributed by atoms with Crippen LogP contribution in [0.15, 0.2) is 4.36 Å². The minimum atomic E-state index is -2.40. The monoisotopic (exact) mass is 229 g/mol. The van der Waals surface area contributed by atoms with E-state index in [-0.39, 0.29) is 17.7 Å². The van der Waals surface area contributed by atoms with Gasteiger partial charge in [-0.05, 0) is 24.2 Å². The minimum Gasteiger partial charge on any atom is -0.299 e. The number of hydrogen-bond acceptors (Lipinski definition) is 4. The Balaban J connectivity index is 2.40. The molecule has 2 saturated carbocycles. The van der Waals surface area contributed by atoms with Gasteiger partial charge in [-0.1, -0.05) is 13.8 Å². The second-order valence-electron chi connectivity index (χ2n) is 5.17. The number of rotatable bonds is 2. The van der Waals surface area contributed by atoms with Crippen molar-refractivity contribution < 1.29 is 13.2 Å². The van der Waals surface area contributed by atoms with E-state index in [1.165, 1.54) is 0 Å². The van der Waals surface area contributed by atoms with Gasteiger partial charge in [-0.25, -0.2) is 0 Å². The van der Waals surface area contributed by atoms with Gasteiger partial charge in [0.15, 0.2) is 0 Å². The molecule has 0 aliphatic heterocycles. The van der Waals surface area contributed by atoms with Gasteiger partial charge in [0.05, 0.1) is 12.0 Å². The summed E-state index contributed by atoms with van der Waals surface area (Å²) in [4.78, 5) is 11.9. The number of fused-ring (bicyclic) bond motifs is 2. The fourth-order valence-corrected chi connectivity index (χ4v) is 3.63. The molecule has 0 aromatic carbocycles. The summed E-state index contributed by atoms with van der Waals surface area (Å²) in [6.07, 6.45) is 2.43. The summed E-state index contributed by atoms with van der Waals surface area (Å²) >= 11 is 0. The second-order valence-corrected chi connectivity index (χ2v) is 5.86. The van der Waals surface area contributed by atoms with Gasteiger partial charge in [0.25, 0.3) is 0 Å². The topological polar surface area (TPSA) is 63.6 Å². The van der Waals surface area contributed by atoms with Crippen molar-refractivity contribution >= 4 is 16.3 Å². The first-order chi connectivity index (χ1) is 6.90. The molecule has 2 fully saturated rings. The zero-order valence-electron chi connectivity index (χ0n) is 8.99. The maximum Gasteiger partial charge on any atom is 0.311 e. The van der Waals surface area contributed by atoms with Crippen molar-refractivity contribution in [3.8, 4) is 0 Å². The average Bonchev–Trinajstić information content (AvgIpc) is 2.47. The number of carbonyl (C=O) groups is 1. The summed E-state index contributed by atoms with van der Waals surface area (Å²) < 4.78 is 24.5. The van der Waals surface area contributed by atoms with E-state index in [4.69, 9.17) is 0 Å². The van der Waals surface area contributed by atoms with Gasteiger partial charge >= 0.3 is 10.5 Å². The van der Waals surface area contributed by atoms with E-state index in [0.717, 1.165) is 12.8 Å². The molecule has 0 spiro atoms. The predicted octanol–water partition coefficient (Wildman–Crippen LogP) is 1.44. The third kappa shape index (κ3) is 1.29. The molecule has 2 atom stereocenters. The molecule has 2 aliphatic rings. The SMILES string of the molecule is CC1(C)[C@@H]2CC[C@]1(CN=S(=O)=O)C(=O)C2. The van der Waals surface area contributed by atoms with E-state index in [1.807, 2.05) is 0 Å². The van der Waals surface area contributed by atoms with Gasteiger partial charge < -0.3 is 0 Å². The van der Waals surface area contributed by atoms with Gasteiger partial charge in [0.1, 0.15) is 5.78 Å². The maximum atomic E-state index is 11.9. The number of carbonyl (C=O) groups excluding carboxylic acids is 1. The third-order valence-electron chi connectivity index (χ3n) is 4.58. The molecule has 0 amide bonds. The van der Waals surface area contributed by atoms with Crippen LogP contribution >= 0.6 is 0 Å². The van der Waals surface area contributed by atoms with Crippen LogP contribution in [0.1, 0.15) is 33.1 Å². The van der Waals surface area contributed by atoms with Gasteiger partial charge in [-0.2, -0.15) is 12.8 Å². The highest BCUT2D eigenvalue weighted by Crippen LogP contribution is 2.63. The van der Waals surface area contributed by atoms with Crippen LogP contribution < -0.4 is 0 Å². The lowest BCUT2D eigenvalue weighted by atomic mass is 9.69. The Hall–Kier alpha value is -0.710. The molecule has 0 aromatic rings. The number of ketones is 1. The highest BCUT2D eigenvalue weighted by Gasteiger charge is 2.64. The van der Waals surface area contributed by atoms with Crippen LogP contribution in [0.3, 0.4) is 0 Å². The number of hydrogen-bond donors (Lipinski definition) is 0. The van der Waals surface area contributed by atoms with E-state index >= 15 is 0 Å². The van der Waals surface area contributed by atoms with Crippen molar-refractivity contribution in [2.75, 3.05) is 6.54 Å². The van der Waals surface area contributed by atoms with Crippen LogP contribution in [0, 0.1) is 16.7 Å². The highest BCUT2D eigenvalue weighted by molar-refractivity contribution is 7.61. The molecular weight excluding hydrogens is 214 g/mol. The molecule has 2 aliphatic carbocycles. The molecule has 4 nitrogen and oxygen atoms in total. The molecular formula is C10H15NO3S. The van der Waals surface area contributed by atoms with E-state index in [2.05, 4.69) is 18.2 Å². The van der Waals surface area contributed by atoms with E-state index in [0.29, 0.717) is 12.3 Å². The van der Waals surface area contributed by atoms with Crippen LogP contribution in [-0.4, -0.2) is 20.7 Å². The Morgan fingerprint density at radius 1 is 1.47 bits per heavy atom. The van der Waals surface area contributed by atoms with Crippen molar-refractivity contribution in [2.45, 2.75) is 33.1 Å². The van der Waals surface area contributed by atoms with Gasteiger partial charge in [0, 0.05) is 6.42 Å². The van der Waals surface area contributed by atoms with E-state index in [1.54, 1.807) is 0 Å². The van der Waals surface area contributed by atoms with Crippen LogP contribution in [0.4, 0.5) is 0 Å². The smallest absolute Gasteiger partial charge is 0.299 e. The minimum absolute atomic E-state index is 0.0903. The summed E-state index contributed by atoms with van der Waals surface area (Å²) in [7, 11) is -2.40. The summed E-state index contributed by atoms with van der Waals surface area (Å²) in [5.74, 6) is 0.623. The van der Waals surface area contributed by atoms with Gasteiger partial charge in [0.2, 0.25) is 0 Å². The number of Topliss-reactive ketones (excluding diaryl/α,β-unsaturated/α-hetero) is 1. The summed E-state index contributed by atoms with van der Waals surface area (Å²) in [5.41, 5.74) is -0.593. The van der Waals surface area contributed by atoms with Crippen molar-refractivity contribution in [1.82, 2.24) is 0 Å². The summed E-state index contributed by atoms with van der Waals surface area (Å²) in [5, 5.41) is 0. The van der Waals surface area contributed by atoms with Crippen LogP contribution in [0.5, 0.6) is 0 Å². The Kier molecular flexibility index (Phi) is 2.26. The highest BCUT2D eigenvalue weighted by atomic mass is 32.2. The zero-order valence-corrected chi connectivity index (χ0v) is 9.80. The van der Waals surface area contributed by atoms with Crippen LogP contribution in [0.25, 0.3) is 0 Å². The zero-order chi connectivity index (χ0) is 11.3. The molecule has 15 heavy (non-hydrogen) atoms. The third-order valence-corrected chi connectivity index (χ3v) is 4.92. The Labute approximate surface area is 90.8 Å². The largest absolute Gasteiger partial charge is 0.311 e. The van der Waals surface area contributed by atoms with E-state index < -0.39 is 15.9 Å². The standard InChI is InChI=1S/C10H15NO3S/c1-9(2)7-3-4-10(9,8(12)5-7)6-11-15(13)14/h7H,3-6H2,1-2H3/t7-,10+/m1/s1. The van der Waals surface area contributed by atoms with Crippen molar-refractivity contribution in [3.63, 3.8) is 0 Å². The molecule has 5 heteroatoms. The second kappa shape index (κ2) is 3.14. The van der Waals surface area contributed by atoms with Crippen molar-refractivity contribution in [3.05, 3.63) is 0 Å². The average molecular weight is 229 g/mol. The van der Waals surface area contributed by atoms with Gasteiger partial charge in [-0.3, -0.25) is 4.79 Å². The molecule has 0 N–H and O–H groups in total. The summed E-state index contributed by atoms with van der Waals surface area (Å²) in [6.45, 7) is 4.28. The number of nitrogens with zero attached hydrogens (tertiary/aromatic N) is 1. The first-order valence-electron chi connectivity index (χ1n) is 5.20. The van der Waals surface area contributed by atoms with Crippen LogP contribution in [0.2, 0.25) is 0 Å². The van der Waals surface area contributed by atoms with Crippen molar-refractivity contribution in [2.24, 2.45) is 21.1 Å². The molecule has 84 valence electrons. The van der Waals surface area contributed by atoms with Crippen LogP contribution in [-0.2, 0) is 15.3 Å². The lowest BCUT2D eigenvalue weighted by Gasteiger charge is -2.34. The Bertz CT molecular complexity index is 430. The fourth-order valence-electron chi connectivity index (χ4n) is 3.30. The maximum absolute atomic E-state index is 11.9. The fraction of sp³-hybridized carbons (Fsp3) is 0.900. The quantitative estimate of drug-likeness (QED) is 0.719.